The second kappa shape index (κ2) is 8.60. The zero-order chi connectivity index (χ0) is 22.0. The number of ether oxygens (including phenoxy) is 1. The van der Waals surface area contributed by atoms with E-state index in [-0.39, 0.29) is 11.3 Å². The summed E-state index contributed by atoms with van der Waals surface area (Å²) in [6, 6.07) is 21.9. The molecule has 31 heavy (non-hydrogen) atoms. The van der Waals surface area contributed by atoms with Crippen molar-refractivity contribution in [3.8, 4) is 11.5 Å². The van der Waals surface area contributed by atoms with Gasteiger partial charge >= 0.3 is 0 Å². The van der Waals surface area contributed by atoms with E-state index in [1.807, 2.05) is 60.7 Å². The summed E-state index contributed by atoms with van der Waals surface area (Å²) in [6.45, 7) is 6.57. The van der Waals surface area contributed by atoms with Gasteiger partial charge in [0.1, 0.15) is 11.5 Å². The van der Waals surface area contributed by atoms with Crippen molar-refractivity contribution in [3.63, 3.8) is 0 Å². The van der Waals surface area contributed by atoms with Crippen LogP contribution in [-0.2, 0) is 16.6 Å². The molecule has 0 fully saturated rings. The fourth-order valence-corrected chi connectivity index (χ4v) is 3.85. The number of amides is 1. The molecule has 0 aliphatic carbocycles. The van der Waals surface area contributed by atoms with E-state index in [4.69, 9.17) is 16.3 Å². The Labute approximate surface area is 188 Å². The molecule has 3 nitrogen and oxygen atoms in total. The lowest BCUT2D eigenvalue weighted by Crippen LogP contribution is -2.10. The van der Waals surface area contributed by atoms with E-state index >= 15 is 0 Å². The zero-order valence-corrected chi connectivity index (χ0v) is 18.8. The first kappa shape index (κ1) is 21.2. The van der Waals surface area contributed by atoms with Crippen LogP contribution in [0.25, 0.3) is 11.6 Å². The standard InChI is InChI=1S/C27H26ClNO2/c1-27(2,3)20-8-10-21(11-9-20)31-22-6-4-5-19(15-22)17-24-23-16-18(13-14-28)7-12-25(23)29-26(24)30/h4-12,15-17H,13-14H2,1-3H3,(H,29,30). The summed E-state index contributed by atoms with van der Waals surface area (Å²) in [7, 11) is 0. The molecule has 0 aromatic heterocycles. The monoisotopic (exact) mass is 431 g/mol. The van der Waals surface area contributed by atoms with Gasteiger partial charge in [-0.1, -0.05) is 51.1 Å². The first-order valence-corrected chi connectivity index (χ1v) is 11.0. The Bertz CT molecular complexity index is 1140. The van der Waals surface area contributed by atoms with Gasteiger partial charge in [-0.2, -0.15) is 0 Å². The van der Waals surface area contributed by atoms with Crippen molar-refractivity contribution in [1.82, 2.24) is 0 Å². The topological polar surface area (TPSA) is 38.3 Å². The van der Waals surface area contributed by atoms with Gasteiger partial charge in [0.15, 0.2) is 0 Å². The number of fused-ring (bicyclic) bond motifs is 1. The number of hydrogen-bond acceptors (Lipinski definition) is 2. The van der Waals surface area contributed by atoms with Crippen molar-refractivity contribution >= 4 is 34.8 Å². The van der Waals surface area contributed by atoms with Crippen LogP contribution >= 0.6 is 11.6 Å². The Morgan fingerprint density at radius 1 is 0.968 bits per heavy atom. The number of carbonyl (C=O) groups excluding carboxylic acids is 1. The first-order chi connectivity index (χ1) is 14.8. The van der Waals surface area contributed by atoms with Crippen LogP contribution in [0, 0.1) is 0 Å². The SMILES string of the molecule is CC(C)(C)c1ccc(Oc2cccc(C=C3C(=O)Nc4ccc(CCCl)cc43)c2)cc1. The summed E-state index contributed by atoms with van der Waals surface area (Å²) in [5, 5.41) is 2.94. The summed E-state index contributed by atoms with van der Waals surface area (Å²) in [6.07, 6.45) is 2.68. The van der Waals surface area contributed by atoms with Gasteiger partial charge in [-0.25, -0.2) is 0 Å². The number of alkyl halides is 1. The van der Waals surface area contributed by atoms with Gasteiger partial charge in [-0.3, -0.25) is 4.79 Å². The van der Waals surface area contributed by atoms with Crippen LogP contribution in [0.4, 0.5) is 5.69 Å². The predicted molar refractivity (Wildman–Crippen MR) is 129 cm³/mol. The molecule has 1 aliphatic rings. The molecule has 3 aromatic rings. The molecule has 0 atom stereocenters. The van der Waals surface area contributed by atoms with Gasteiger partial charge in [-0.15, -0.1) is 11.6 Å². The zero-order valence-electron chi connectivity index (χ0n) is 18.0. The van der Waals surface area contributed by atoms with Crippen LogP contribution in [0.1, 0.15) is 43.0 Å². The second-order valence-corrected chi connectivity index (χ2v) is 9.16. The van der Waals surface area contributed by atoms with Gasteiger partial charge in [0, 0.05) is 22.7 Å². The number of halogens is 1. The normalized spacial score (nSPS) is 14.5. The smallest absolute Gasteiger partial charge is 0.256 e. The molecule has 1 aliphatic heterocycles. The van der Waals surface area contributed by atoms with E-state index < -0.39 is 0 Å². The highest BCUT2D eigenvalue weighted by atomic mass is 35.5. The van der Waals surface area contributed by atoms with Gasteiger partial charge < -0.3 is 10.1 Å². The third kappa shape index (κ3) is 4.83. The molecule has 4 heteroatoms. The average Bonchev–Trinajstić information content (AvgIpc) is 3.03. The van der Waals surface area contributed by atoms with E-state index in [9.17, 15) is 4.79 Å². The van der Waals surface area contributed by atoms with Crippen molar-refractivity contribution in [3.05, 3.63) is 89.0 Å². The molecule has 4 rings (SSSR count). The molecule has 158 valence electrons. The molecule has 0 spiro atoms. The molecule has 1 N–H and O–H groups in total. The molecule has 0 saturated carbocycles. The summed E-state index contributed by atoms with van der Waals surface area (Å²) in [5.74, 6) is 1.97. The van der Waals surface area contributed by atoms with Crippen molar-refractivity contribution < 1.29 is 9.53 Å². The maximum absolute atomic E-state index is 12.6. The highest BCUT2D eigenvalue weighted by Crippen LogP contribution is 2.35. The summed E-state index contributed by atoms with van der Waals surface area (Å²) < 4.78 is 6.05. The molecule has 1 amide bonds. The summed E-state index contributed by atoms with van der Waals surface area (Å²) in [4.78, 5) is 12.6. The van der Waals surface area contributed by atoms with Gasteiger partial charge in [0.25, 0.3) is 5.91 Å². The molecular formula is C27H26ClNO2. The highest BCUT2D eigenvalue weighted by Gasteiger charge is 2.24. The predicted octanol–water partition coefficient (Wildman–Crippen LogP) is 7.05. The lowest BCUT2D eigenvalue weighted by atomic mass is 9.87. The van der Waals surface area contributed by atoms with E-state index in [0.29, 0.717) is 11.5 Å². The summed E-state index contributed by atoms with van der Waals surface area (Å²) in [5.41, 5.74) is 5.79. The highest BCUT2D eigenvalue weighted by molar-refractivity contribution is 6.35. The minimum atomic E-state index is -0.0953. The van der Waals surface area contributed by atoms with E-state index in [0.717, 1.165) is 40.3 Å². The molecular weight excluding hydrogens is 406 g/mol. The Morgan fingerprint density at radius 3 is 2.45 bits per heavy atom. The van der Waals surface area contributed by atoms with E-state index in [1.54, 1.807) is 0 Å². The van der Waals surface area contributed by atoms with Crippen molar-refractivity contribution in [1.29, 1.82) is 0 Å². The van der Waals surface area contributed by atoms with E-state index in [2.05, 4.69) is 38.2 Å². The fraction of sp³-hybridized carbons (Fsp3) is 0.222. The lowest BCUT2D eigenvalue weighted by Gasteiger charge is -2.19. The van der Waals surface area contributed by atoms with E-state index in [1.165, 1.54) is 5.56 Å². The maximum atomic E-state index is 12.6. The van der Waals surface area contributed by atoms with Gasteiger partial charge in [0.05, 0.1) is 0 Å². The summed E-state index contributed by atoms with van der Waals surface area (Å²) >= 11 is 5.89. The van der Waals surface area contributed by atoms with Crippen LogP contribution in [0.3, 0.4) is 0 Å². The number of hydrogen-bond donors (Lipinski definition) is 1. The van der Waals surface area contributed by atoms with Crippen LogP contribution in [0.2, 0.25) is 0 Å². The Morgan fingerprint density at radius 2 is 1.74 bits per heavy atom. The molecule has 0 radical (unpaired) electrons. The largest absolute Gasteiger partial charge is 0.457 e. The van der Waals surface area contributed by atoms with Crippen LogP contribution < -0.4 is 10.1 Å². The minimum Gasteiger partial charge on any atom is -0.457 e. The van der Waals surface area contributed by atoms with Crippen molar-refractivity contribution in [2.75, 3.05) is 11.2 Å². The van der Waals surface area contributed by atoms with Crippen molar-refractivity contribution in [2.45, 2.75) is 32.6 Å². The van der Waals surface area contributed by atoms with Gasteiger partial charge in [0.2, 0.25) is 0 Å². The maximum Gasteiger partial charge on any atom is 0.256 e. The lowest BCUT2D eigenvalue weighted by molar-refractivity contribution is -0.110. The third-order valence-electron chi connectivity index (χ3n) is 5.38. The Hall–Kier alpha value is -3.04. The van der Waals surface area contributed by atoms with Gasteiger partial charge in [-0.05, 0) is 71.0 Å². The molecule has 1 heterocycles. The number of rotatable bonds is 5. The fourth-order valence-electron chi connectivity index (χ4n) is 3.64. The van der Waals surface area contributed by atoms with Crippen LogP contribution in [-0.4, -0.2) is 11.8 Å². The molecule has 0 bridgehead atoms. The van der Waals surface area contributed by atoms with Crippen LogP contribution in [0.5, 0.6) is 11.5 Å². The van der Waals surface area contributed by atoms with Crippen molar-refractivity contribution in [2.24, 2.45) is 0 Å². The number of aryl methyl sites for hydroxylation is 1. The number of carbonyl (C=O) groups is 1. The number of nitrogens with one attached hydrogen (secondary N) is 1. The average molecular weight is 432 g/mol. The van der Waals surface area contributed by atoms with Crippen LogP contribution in [0.15, 0.2) is 66.7 Å². The quantitative estimate of drug-likeness (QED) is 0.347. The third-order valence-corrected chi connectivity index (χ3v) is 5.56. The molecule has 0 unspecified atom stereocenters. The Balaban J connectivity index is 1.59. The number of benzene rings is 3. The molecule has 0 saturated heterocycles. The molecule has 3 aromatic carbocycles. The second-order valence-electron chi connectivity index (χ2n) is 8.78. The minimum absolute atomic E-state index is 0.0953. The number of anilines is 1. The first-order valence-electron chi connectivity index (χ1n) is 10.4. The Kier molecular flexibility index (Phi) is 5.88.